The van der Waals surface area contributed by atoms with Crippen molar-refractivity contribution in [2.75, 3.05) is 23.8 Å². The molecule has 2 aromatic heterocycles. The Morgan fingerprint density at radius 3 is 2.68 bits per heavy atom. The molecule has 0 fully saturated rings. The zero-order valence-electron chi connectivity index (χ0n) is 13.1. The van der Waals surface area contributed by atoms with Crippen molar-refractivity contribution in [3.63, 3.8) is 0 Å². The first-order chi connectivity index (χ1) is 12.2. The van der Waals surface area contributed by atoms with Gasteiger partial charge in [-0.3, -0.25) is 4.98 Å². The molecule has 25 heavy (non-hydrogen) atoms. The van der Waals surface area contributed by atoms with Crippen LogP contribution in [0.5, 0.6) is 0 Å². The third-order valence-electron chi connectivity index (χ3n) is 3.27. The van der Waals surface area contributed by atoms with E-state index in [0.717, 1.165) is 17.7 Å². The second kappa shape index (κ2) is 7.63. The molecule has 0 saturated carbocycles. The van der Waals surface area contributed by atoms with Gasteiger partial charge in [-0.05, 0) is 24.3 Å². The average molecular weight is 343 g/mol. The van der Waals surface area contributed by atoms with Crippen LogP contribution in [0.25, 0.3) is 11.3 Å². The van der Waals surface area contributed by atoms with Crippen molar-refractivity contribution in [2.24, 2.45) is 0 Å². The van der Waals surface area contributed by atoms with E-state index in [2.05, 4.69) is 25.6 Å². The second-order valence-corrected chi connectivity index (χ2v) is 5.10. The molecule has 0 aliphatic heterocycles. The van der Waals surface area contributed by atoms with Crippen LogP contribution in [0.15, 0.2) is 48.8 Å². The van der Waals surface area contributed by atoms with Crippen LogP contribution in [0.2, 0.25) is 0 Å². The number of nitrogens with one attached hydrogen (secondary N) is 2. The zero-order chi connectivity index (χ0) is 17.6. The second-order valence-electron chi connectivity index (χ2n) is 5.10. The molecular weight excluding hydrogens is 328 g/mol. The molecule has 6 nitrogen and oxygen atoms in total. The largest absolute Gasteiger partial charge is 0.395 e. The third-order valence-corrected chi connectivity index (χ3v) is 3.27. The summed E-state index contributed by atoms with van der Waals surface area (Å²) in [5.41, 5.74) is 1.40. The number of anilines is 3. The number of pyridine rings is 1. The first-order valence-electron chi connectivity index (χ1n) is 7.52. The summed E-state index contributed by atoms with van der Waals surface area (Å²) in [6.07, 6.45) is 3.28. The molecule has 0 bridgehead atoms. The molecule has 0 unspecified atom stereocenters. The summed E-state index contributed by atoms with van der Waals surface area (Å²) in [5.74, 6) is -0.807. The topological polar surface area (TPSA) is 83.0 Å². The maximum absolute atomic E-state index is 13.9. The van der Waals surface area contributed by atoms with Crippen LogP contribution in [-0.2, 0) is 0 Å². The highest BCUT2D eigenvalue weighted by Gasteiger charge is 2.10. The minimum atomic E-state index is -0.730. The summed E-state index contributed by atoms with van der Waals surface area (Å²) in [5, 5.41) is 14.6. The lowest BCUT2D eigenvalue weighted by atomic mass is 10.2. The number of halogens is 2. The summed E-state index contributed by atoms with van der Waals surface area (Å²) in [6.45, 7) is 0.177. The number of aliphatic hydroxyl groups is 1. The van der Waals surface area contributed by atoms with Crippen molar-refractivity contribution in [1.82, 2.24) is 15.0 Å². The van der Waals surface area contributed by atoms with Gasteiger partial charge in [0.05, 0.1) is 18.0 Å². The fraction of sp³-hybridized carbons (Fsp3) is 0.118. The van der Waals surface area contributed by atoms with Gasteiger partial charge in [-0.15, -0.1) is 0 Å². The fourth-order valence-corrected chi connectivity index (χ4v) is 2.15. The van der Waals surface area contributed by atoms with E-state index in [1.54, 1.807) is 24.5 Å². The predicted octanol–water partition coefficient (Wildman–Crippen LogP) is 2.96. The van der Waals surface area contributed by atoms with Crippen LogP contribution >= 0.6 is 0 Å². The Balaban J connectivity index is 1.96. The normalized spacial score (nSPS) is 10.5. The van der Waals surface area contributed by atoms with Crippen LogP contribution in [-0.4, -0.2) is 33.2 Å². The molecule has 0 spiro atoms. The highest BCUT2D eigenvalue weighted by Crippen LogP contribution is 2.24. The highest BCUT2D eigenvalue weighted by atomic mass is 19.1. The number of benzene rings is 1. The van der Waals surface area contributed by atoms with Gasteiger partial charge in [0.1, 0.15) is 17.5 Å². The van der Waals surface area contributed by atoms with Crippen molar-refractivity contribution >= 4 is 17.5 Å². The minimum absolute atomic E-state index is 0.0875. The van der Waals surface area contributed by atoms with E-state index in [0.29, 0.717) is 11.5 Å². The fourth-order valence-electron chi connectivity index (χ4n) is 2.15. The molecule has 3 rings (SSSR count). The van der Waals surface area contributed by atoms with E-state index in [9.17, 15) is 8.78 Å². The molecule has 3 aromatic rings. The first-order valence-corrected chi connectivity index (χ1v) is 7.52. The quantitative estimate of drug-likeness (QED) is 0.638. The SMILES string of the molecule is OCCNc1nc(Nc2ccc(F)cc2F)cc(-c2cccnc2)n1. The van der Waals surface area contributed by atoms with Crippen molar-refractivity contribution in [3.8, 4) is 11.3 Å². The van der Waals surface area contributed by atoms with Crippen molar-refractivity contribution < 1.29 is 13.9 Å². The maximum Gasteiger partial charge on any atom is 0.225 e. The van der Waals surface area contributed by atoms with Crippen LogP contribution < -0.4 is 10.6 Å². The van der Waals surface area contributed by atoms with Crippen LogP contribution in [0, 0.1) is 11.6 Å². The van der Waals surface area contributed by atoms with E-state index in [4.69, 9.17) is 5.11 Å². The number of nitrogens with zero attached hydrogens (tertiary/aromatic N) is 3. The lowest BCUT2D eigenvalue weighted by Crippen LogP contribution is -2.10. The molecule has 3 N–H and O–H groups in total. The number of aromatic nitrogens is 3. The standard InChI is InChI=1S/C17H15F2N5O/c18-12-3-4-14(13(19)8-12)22-16-9-15(11-2-1-5-20-10-11)23-17(24-16)21-6-7-25/h1-5,8-10,25H,6-7H2,(H2,21,22,23,24). The zero-order valence-corrected chi connectivity index (χ0v) is 13.1. The molecule has 0 atom stereocenters. The molecule has 1 aromatic carbocycles. The van der Waals surface area contributed by atoms with E-state index in [-0.39, 0.29) is 24.8 Å². The summed E-state index contributed by atoms with van der Waals surface area (Å²) >= 11 is 0. The Morgan fingerprint density at radius 2 is 1.96 bits per heavy atom. The molecule has 0 aliphatic carbocycles. The monoisotopic (exact) mass is 343 g/mol. The smallest absolute Gasteiger partial charge is 0.225 e. The van der Waals surface area contributed by atoms with Gasteiger partial charge in [0.15, 0.2) is 0 Å². The van der Waals surface area contributed by atoms with Gasteiger partial charge in [0.2, 0.25) is 5.95 Å². The Hall–Kier alpha value is -3.13. The van der Waals surface area contributed by atoms with Crippen molar-refractivity contribution in [3.05, 3.63) is 60.4 Å². The molecule has 0 saturated heterocycles. The van der Waals surface area contributed by atoms with E-state index in [1.165, 1.54) is 6.07 Å². The summed E-state index contributed by atoms with van der Waals surface area (Å²) in [7, 11) is 0. The van der Waals surface area contributed by atoms with Crippen molar-refractivity contribution in [2.45, 2.75) is 0 Å². The molecule has 0 amide bonds. The number of hydrogen-bond acceptors (Lipinski definition) is 6. The third kappa shape index (κ3) is 4.24. The van der Waals surface area contributed by atoms with Crippen LogP contribution in [0.4, 0.5) is 26.2 Å². The Morgan fingerprint density at radius 1 is 1.08 bits per heavy atom. The highest BCUT2D eigenvalue weighted by molar-refractivity contribution is 5.67. The molecular formula is C17H15F2N5O. The molecule has 2 heterocycles. The Kier molecular flexibility index (Phi) is 5.10. The van der Waals surface area contributed by atoms with Gasteiger partial charge >= 0.3 is 0 Å². The molecule has 0 radical (unpaired) electrons. The van der Waals surface area contributed by atoms with E-state index < -0.39 is 11.6 Å². The molecule has 128 valence electrons. The van der Waals surface area contributed by atoms with Gasteiger partial charge < -0.3 is 15.7 Å². The summed E-state index contributed by atoms with van der Waals surface area (Å²) in [6, 6.07) is 8.45. The van der Waals surface area contributed by atoms with E-state index in [1.807, 2.05) is 6.07 Å². The minimum Gasteiger partial charge on any atom is -0.395 e. The molecule has 0 aliphatic rings. The number of aliphatic hydroxyl groups excluding tert-OH is 1. The lowest BCUT2D eigenvalue weighted by Gasteiger charge is -2.11. The number of rotatable bonds is 6. The van der Waals surface area contributed by atoms with Crippen LogP contribution in [0.3, 0.4) is 0 Å². The first kappa shape index (κ1) is 16.7. The Bertz CT molecular complexity index is 861. The van der Waals surface area contributed by atoms with Gasteiger partial charge in [-0.25, -0.2) is 13.8 Å². The number of hydrogen-bond donors (Lipinski definition) is 3. The van der Waals surface area contributed by atoms with Crippen LogP contribution in [0.1, 0.15) is 0 Å². The molecule has 8 heteroatoms. The Labute approximate surface area is 142 Å². The van der Waals surface area contributed by atoms with E-state index >= 15 is 0 Å². The van der Waals surface area contributed by atoms with Gasteiger partial charge in [0.25, 0.3) is 0 Å². The van der Waals surface area contributed by atoms with Gasteiger partial charge in [0, 0.05) is 36.6 Å². The summed E-state index contributed by atoms with van der Waals surface area (Å²) in [4.78, 5) is 12.6. The predicted molar refractivity (Wildman–Crippen MR) is 90.5 cm³/mol. The van der Waals surface area contributed by atoms with Gasteiger partial charge in [-0.2, -0.15) is 4.98 Å². The lowest BCUT2D eigenvalue weighted by molar-refractivity contribution is 0.311. The average Bonchev–Trinajstić information content (AvgIpc) is 2.63. The van der Waals surface area contributed by atoms with Crippen molar-refractivity contribution in [1.29, 1.82) is 0 Å². The summed E-state index contributed by atoms with van der Waals surface area (Å²) < 4.78 is 26.9. The maximum atomic E-state index is 13.9. The van der Waals surface area contributed by atoms with Gasteiger partial charge in [-0.1, -0.05) is 0 Å².